The van der Waals surface area contributed by atoms with E-state index in [1.165, 1.54) is 0 Å². The Morgan fingerprint density at radius 3 is 2.60 bits per heavy atom. The van der Waals surface area contributed by atoms with Gasteiger partial charge in [-0.05, 0) is 25.3 Å². The first-order valence-electron chi connectivity index (χ1n) is 3.61. The van der Waals surface area contributed by atoms with E-state index in [0.717, 1.165) is 19.4 Å². The van der Waals surface area contributed by atoms with Crippen LogP contribution >= 0.6 is 0 Å². The van der Waals surface area contributed by atoms with Gasteiger partial charge in [0.2, 0.25) is 5.91 Å². The van der Waals surface area contributed by atoms with Crippen molar-refractivity contribution < 1.29 is 4.79 Å². The van der Waals surface area contributed by atoms with E-state index in [1.807, 2.05) is 7.05 Å². The van der Waals surface area contributed by atoms with Gasteiger partial charge in [0.05, 0.1) is 0 Å². The molecule has 3 nitrogen and oxygen atoms in total. The second-order valence-corrected chi connectivity index (χ2v) is 3.17. The topological polar surface area (TPSA) is 55.1 Å². The van der Waals surface area contributed by atoms with Gasteiger partial charge < -0.3 is 11.1 Å². The van der Waals surface area contributed by atoms with Crippen molar-refractivity contribution >= 4 is 5.91 Å². The van der Waals surface area contributed by atoms with Crippen LogP contribution in [0.25, 0.3) is 0 Å². The third-order valence-electron chi connectivity index (χ3n) is 2.06. The van der Waals surface area contributed by atoms with Gasteiger partial charge in [-0.25, -0.2) is 0 Å². The number of hydrogen-bond donors (Lipinski definition) is 2. The highest BCUT2D eigenvalue weighted by Crippen LogP contribution is 2.47. The minimum atomic E-state index is -0.173. The van der Waals surface area contributed by atoms with Crippen LogP contribution < -0.4 is 11.1 Å². The number of nitrogens with one attached hydrogen (secondary N) is 1. The average Bonchev–Trinajstić information content (AvgIpc) is 2.47. The first-order chi connectivity index (χ1) is 4.68. The first-order valence-corrected chi connectivity index (χ1v) is 3.61. The number of carbonyl (C=O) groups excluding carboxylic acids is 1. The molecule has 0 radical (unpaired) electrons. The zero-order chi connectivity index (χ0) is 7.61. The van der Waals surface area contributed by atoms with Crippen LogP contribution in [0.3, 0.4) is 0 Å². The van der Waals surface area contributed by atoms with Gasteiger partial charge in [0.1, 0.15) is 0 Å². The normalized spacial score (nSPS) is 20.5. The molecule has 0 aromatic rings. The lowest BCUT2D eigenvalue weighted by Gasteiger charge is -2.10. The fourth-order valence-electron chi connectivity index (χ4n) is 1.34. The standard InChI is InChI=1S/C7H14N2O/c1-9-5-7(2-3-7)4-6(8)10/h9H,2-5H2,1H3,(H2,8,10). The summed E-state index contributed by atoms with van der Waals surface area (Å²) in [6, 6.07) is 0. The van der Waals surface area contributed by atoms with E-state index in [0.29, 0.717) is 6.42 Å². The maximum Gasteiger partial charge on any atom is 0.218 e. The van der Waals surface area contributed by atoms with E-state index in [1.54, 1.807) is 0 Å². The van der Waals surface area contributed by atoms with E-state index in [4.69, 9.17) is 5.73 Å². The molecule has 1 saturated carbocycles. The molecule has 0 saturated heterocycles. The molecule has 0 aromatic heterocycles. The highest BCUT2D eigenvalue weighted by molar-refractivity contribution is 5.75. The lowest BCUT2D eigenvalue weighted by Crippen LogP contribution is -2.25. The van der Waals surface area contributed by atoms with Gasteiger partial charge in [0, 0.05) is 13.0 Å². The molecule has 1 aliphatic carbocycles. The molecule has 3 N–H and O–H groups in total. The molecule has 1 fully saturated rings. The van der Waals surface area contributed by atoms with E-state index in [2.05, 4.69) is 5.32 Å². The van der Waals surface area contributed by atoms with Crippen LogP contribution in [0.2, 0.25) is 0 Å². The van der Waals surface area contributed by atoms with Crippen molar-refractivity contribution in [3.63, 3.8) is 0 Å². The highest BCUT2D eigenvalue weighted by Gasteiger charge is 2.42. The van der Waals surface area contributed by atoms with Crippen molar-refractivity contribution in [2.45, 2.75) is 19.3 Å². The third-order valence-corrected chi connectivity index (χ3v) is 2.06. The Balaban J connectivity index is 2.30. The van der Waals surface area contributed by atoms with Gasteiger partial charge in [-0.3, -0.25) is 4.79 Å². The molecule has 0 unspecified atom stereocenters. The van der Waals surface area contributed by atoms with E-state index >= 15 is 0 Å². The zero-order valence-electron chi connectivity index (χ0n) is 6.31. The van der Waals surface area contributed by atoms with Crippen LogP contribution in [0.5, 0.6) is 0 Å². The second kappa shape index (κ2) is 2.58. The van der Waals surface area contributed by atoms with E-state index in [9.17, 15) is 4.79 Å². The molecular weight excluding hydrogens is 128 g/mol. The molecule has 1 amide bonds. The van der Waals surface area contributed by atoms with Crippen LogP contribution in [-0.4, -0.2) is 19.5 Å². The number of primary amides is 1. The number of amides is 1. The Hall–Kier alpha value is -0.570. The Kier molecular flexibility index (Phi) is 1.94. The van der Waals surface area contributed by atoms with Crippen molar-refractivity contribution in [2.24, 2.45) is 11.1 Å². The molecule has 0 bridgehead atoms. The van der Waals surface area contributed by atoms with Gasteiger partial charge in [-0.1, -0.05) is 0 Å². The Bertz CT molecular complexity index is 141. The molecule has 0 aromatic carbocycles. The van der Waals surface area contributed by atoms with E-state index in [-0.39, 0.29) is 11.3 Å². The Morgan fingerprint density at radius 2 is 2.30 bits per heavy atom. The lowest BCUT2D eigenvalue weighted by molar-refractivity contribution is -0.119. The zero-order valence-corrected chi connectivity index (χ0v) is 6.31. The maximum atomic E-state index is 10.5. The summed E-state index contributed by atoms with van der Waals surface area (Å²) < 4.78 is 0. The minimum Gasteiger partial charge on any atom is -0.370 e. The predicted octanol–water partition coefficient (Wildman–Crippen LogP) is -0.139. The molecule has 1 rings (SSSR count). The molecule has 10 heavy (non-hydrogen) atoms. The van der Waals surface area contributed by atoms with Crippen LogP contribution in [0, 0.1) is 5.41 Å². The molecule has 0 heterocycles. The lowest BCUT2D eigenvalue weighted by atomic mass is 10.0. The maximum absolute atomic E-state index is 10.5. The minimum absolute atomic E-state index is 0.173. The van der Waals surface area contributed by atoms with Crippen molar-refractivity contribution in [1.82, 2.24) is 5.32 Å². The molecule has 0 atom stereocenters. The molecule has 58 valence electrons. The highest BCUT2D eigenvalue weighted by atomic mass is 16.1. The monoisotopic (exact) mass is 142 g/mol. The van der Waals surface area contributed by atoms with Gasteiger partial charge in [0.25, 0.3) is 0 Å². The van der Waals surface area contributed by atoms with Crippen molar-refractivity contribution in [2.75, 3.05) is 13.6 Å². The third kappa shape index (κ3) is 1.70. The van der Waals surface area contributed by atoms with E-state index < -0.39 is 0 Å². The molecule has 0 spiro atoms. The van der Waals surface area contributed by atoms with Gasteiger partial charge in [-0.2, -0.15) is 0 Å². The summed E-state index contributed by atoms with van der Waals surface area (Å²) in [5.74, 6) is -0.173. The molecule has 0 aliphatic heterocycles. The smallest absolute Gasteiger partial charge is 0.218 e. The summed E-state index contributed by atoms with van der Waals surface area (Å²) in [5, 5.41) is 3.07. The van der Waals surface area contributed by atoms with Gasteiger partial charge in [-0.15, -0.1) is 0 Å². The van der Waals surface area contributed by atoms with Crippen LogP contribution in [-0.2, 0) is 4.79 Å². The summed E-state index contributed by atoms with van der Waals surface area (Å²) in [4.78, 5) is 10.5. The molecular formula is C7H14N2O. The molecule has 1 aliphatic rings. The summed E-state index contributed by atoms with van der Waals surface area (Å²) in [6.45, 7) is 0.927. The summed E-state index contributed by atoms with van der Waals surface area (Å²) >= 11 is 0. The fraction of sp³-hybridized carbons (Fsp3) is 0.857. The predicted molar refractivity (Wildman–Crippen MR) is 39.4 cm³/mol. The first kappa shape index (κ1) is 7.54. The summed E-state index contributed by atoms with van der Waals surface area (Å²) in [5.41, 5.74) is 5.32. The van der Waals surface area contributed by atoms with Crippen LogP contribution in [0.1, 0.15) is 19.3 Å². The molecule has 3 heteroatoms. The quantitative estimate of drug-likeness (QED) is 0.574. The Labute approximate surface area is 61.0 Å². The summed E-state index contributed by atoms with van der Waals surface area (Å²) in [7, 11) is 1.90. The number of carbonyl (C=O) groups is 1. The fourth-order valence-corrected chi connectivity index (χ4v) is 1.34. The van der Waals surface area contributed by atoms with Crippen molar-refractivity contribution in [1.29, 1.82) is 0 Å². The van der Waals surface area contributed by atoms with Crippen molar-refractivity contribution in [3.8, 4) is 0 Å². The number of nitrogens with two attached hydrogens (primary N) is 1. The average molecular weight is 142 g/mol. The number of rotatable bonds is 4. The number of hydrogen-bond acceptors (Lipinski definition) is 2. The van der Waals surface area contributed by atoms with Gasteiger partial charge >= 0.3 is 0 Å². The van der Waals surface area contributed by atoms with Gasteiger partial charge in [0.15, 0.2) is 0 Å². The Morgan fingerprint density at radius 1 is 1.70 bits per heavy atom. The SMILES string of the molecule is CNCC1(CC(N)=O)CC1. The van der Waals surface area contributed by atoms with Crippen molar-refractivity contribution in [3.05, 3.63) is 0 Å². The van der Waals surface area contributed by atoms with Crippen LogP contribution in [0.15, 0.2) is 0 Å². The largest absolute Gasteiger partial charge is 0.370 e. The van der Waals surface area contributed by atoms with Crippen LogP contribution in [0.4, 0.5) is 0 Å². The second-order valence-electron chi connectivity index (χ2n) is 3.17. The summed E-state index contributed by atoms with van der Waals surface area (Å²) in [6.07, 6.45) is 2.85.